The van der Waals surface area contributed by atoms with Gasteiger partial charge in [0.15, 0.2) is 11.9 Å². The molecule has 0 saturated heterocycles. The predicted octanol–water partition coefficient (Wildman–Crippen LogP) is 3.33. The highest BCUT2D eigenvalue weighted by Gasteiger charge is 2.24. The third kappa shape index (κ3) is 4.80. The van der Waals surface area contributed by atoms with E-state index in [4.69, 9.17) is 17.3 Å². The van der Waals surface area contributed by atoms with Crippen molar-refractivity contribution in [1.82, 2.24) is 0 Å². The molecule has 2 aromatic rings. The number of carbonyl (C=O) groups is 3. The third-order valence-electron chi connectivity index (χ3n) is 3.56. The molecule has 0 aliphatic carbocycles. The lowest BCUT2D eigenvalue weighted by atomic mass is 9.99. The van der Waals surface area contributed by atoms with E-state index in [-0.39, 0.29) is 16.1 Å². The summed E-state index contributed by atoms with van der Waals surface area (Å²) >= 11 is 6.07. The standard InChI is InChI=1S/C18H16ClFN2O4/c1-10(26-18(21)25)15(23)9-12-14(20)8-7-13(19)16(12)17(24)22-11-5-3-2-4-6-11/h2-8,10H,9H2,1H3,(H2,21,25)(H,22,24)/t10-/m0/s1. The minimum Gasteiger partial charge on any atom is -0.439 e. The van der Waals surface area contributed by atoms with Crippen LogP contribution in [-0.2, 0) is 16.0 Å². The summed E-state index contributed by atoms with van der Waals surface area (Å²) in [4.78, 5) is 35.5. The molecule has 0 fully saturated rings. The van der Waals surface area contributed by atoms with Crippen LogP contribution in [0.15, 0.2) is 42.5 Å². The van der Waals surface area contributed by atoms with Gasteiger partial charge in [0.2, 0.25) is 0 Å². The second-order valence-electron chi connectivity index (χ2n) is 5.43. The molecular formula is C18H16ClFN2O4. The lowest BCUT2D eigenvalue weighted by molar-refractivity contribution is -0.125. The van der Waals surface area contributed by atoms with E-state index in [2.05, 4.69) is 10.1 Å². The van der Waals surface area contributed by atoms with Crippen molar-refractivity contribution >= 4 is 35.1 Å². The Labute approximate surface area is 154 Å². The highest BCUT2D eigenvalue weighted by Crippen LogP contribution is 2.25. The maximum Gasteiger partial charge on any atom is 0.405 e. The quantitative estimate of drug-likeness (QED) is 0.805. The van der Waals surface area contributed by atoms with Crippen molar-refractivity contribution in [1.29, 1.82) is 0 Å². The Morgan fingerprint density at radius 3 is 2.46 bits per heavy atom. The molecule has 0 unspecified atom stereocenters. The molecule has 2 amide bonds. The Kier molecular flexibility index (Phi) is 6.30. The van der Waals surface area contributed by atoms with Crippen molar-refractivity contribution < 1.29 is 23.5 Å². The summed E-state index contributed by atoms with van der Waals surface area (Å²) in [5.74, 6) is -2.06. The maximum absolute atomic E-state index is 14.3. The smallest absolute Gasteiger partial charge is 0.405 e. The van der Waals surface area contributed by atoms with E-state index >= 15 is 0 Å². The molecule has 0 heterocycles. The van der Waals surface area contributed by atoms with Crippen molar-refractivity contribution in [2.45, 2.75) is 19.4 Å². The van der Waals surface area contributed by atoms with Gasteiger partial charge in [-0.05, 0) is 31.2 Å². The minimum atomic E-state index is -1.18. The number of rotatable bonds is 6. The second kappa shape index (κ2) is 8.44. The summed E-state index contributed by atoms with van der Waals surface area (Å²) in [5.41, 5.74) is 5.01. The zero-order valence-corrected chi connectivity index (χ0v) is 14.5. The number of primary amides is 1. The van der Waals surface area contributed by atoms with E-state index in [1.54, 1.807) is 30.3 Å². The summed E-state index contributed by atoms with van der Waals surface area (Å²) in [5, 5.41) is 2.59. The summed E-state index contributed by atoms with van der Waals surface area (Å²) in [6.45, 7) is 1.30. The summed E-state index contributed by atoms with van der Waals surface area (Å²) in [6.07, 6.45) is -2.80. The van der Waals surface area contributed by atoms with Crippen LogP contribution in [0.4, 0.5) is 14.9 Å². The van der Waals surface area contributed by atoms with Gasteiger partial charge in [0.25, 0.3) is 5.91 Å². The molecule has 0 aliphatic heterocycles. The molecule has 26 heavy (non-hydrogen) atoms. The van der Waals surface area contributed by atoms with Crippen LogP contribution in [0.3, 0.4) is 0 Å². The number of para-hydroxylation sites is 1. The van der Waals surface area contributed by atoms with Crippen LogP contribution in [0.25, 0.3) is 0 Å². The molecular weight excluding hydrogens is 363 g/mol. The summed E-state index contributed by atoms with van der Waals surface area (Å²) in [7, 11) is 0. The largest absolute Gasteiger partial charge is 0.439 e. The Morgan fingerprint density at radius 2 is 1.85 bits per heavy atom. The van der Waals surface area contributed by atoms with Gasteiger partial charge in [-0.15, -0.1) is 0 Å². The fourth-order valence-corrected chi connectivity index (χ4v) is 2.55. The first-order chi connectivity index (χ1) is 12.3. The summed E-state index contributed by atoms with van der Waals surface area (Å²) in [6, 6.07) is 10.8. The fourth-order valence-electron chi connectivity index (χ4n) is 2.29. The van der Waals surface area contributed by atoms with Crippen LogP contribution in [-0.4, -0.2) is 23.9 Å². The SMILES string of the molecule is C[C@H](OC(N)=O)C(=O)Cc1c(F)ccc(Cl)c1C(=O)Nc1ccccc1. The molecule has 0 saturated carbocycles. The van der Waals surface area contributed by atoms with E-state index in [1.165, 1.54) is 13.0 Å². The number of ketones is 1. The zero-order valence-electron chi connectivity index (χ0n) is 13.8. The van der Waals surface area contributed by atoms with Crippen LogP contribution < -0.4 is 11.1 Å². The summed E-state index contributed by atoms with van der Waals surface area (Å²) < 4.78 is 18.9. The average molecular weight is 379 g/mol. The van der Waals surface area contributed by atoms with Crippen LogP contribution >= 0.6 is 11.6 Å². The first-order valence-corrected chi connectivity index (χ1v) is 7.99. The number of Topliss-reactive ketones (excluding diaryl/α,β-unsaturated/α-hetero) is 1. The Balaban J connectivity index is 2.31. The molecule has 8 heteroatoms. The van der Waals surface area contributed by atoms with Gasteiger partial charge in [-0.25, -0.2) is 9.18 Å². The van der Waals surface area contributed by atoms with Gasteiger partial charge in [-0.2, -0.15) is 0 Å². The molecule has 136 valence electrons. The minimum absolute atomic E-state index is 0.00824. The number of amides is 2. The third-order valence-corrected chi connectivity index (χ3v) is 3.88. The van der Waals surface area contributed by atoms with Crippen molar-refractivity contribution in [2.24, 2.45) is 5.73 Å². The maximum atomic E-state index is 14.3. The van der Waals surface area contributed by atoms with E-state index in [0.717, 1.165) is 6.07 Å². The number of nitrogens with one attached hydrogen (secondary N) is 1. The molecule has 2 rings (SSSR count). The van der Waals surface area contributed by atoms with Gasteiger partial charge in [0, 0.05) is 17.7 Å². The Morgan fingerprint density at radius 1 is 1.19 bits per heavy atom. The van der Waals surface area contributed by atoms with Crippen molar-refractivity contribution in [3.05, 3.63) is 64.4 Å². The topological polar surface area (TPSA) is 98.5 Å². The molecule has 0 spiro atoms. The molecule has 3 N–H and O–H groups in total. The fraction of sp³-hybridized carbons (Fsp3) is 0.167. The molecule has 0 radical (unpaired) electrons. The highest BCUT2D eigenvalue weighted by molar-refractivity contribution is 6.34. The highest BCUT2D eigenvalue weighted by atomic mass is 35.5. The molecule has 0 aromatic heterocycles. The number of ether oxygens (including phenoxy) is 1. The number of hydrogen-bond donors (Lipinski definition) is 2. The number of carbonyl (C=O) groups excluding carboxylic acids is 3. The number of nitrogens with two attached hydrogens (primary N) is 1. The lowest BCUT2D eigenvalue weighted by Crippen LogP contribution is -2.29. The first kappa shape index (κ1) is 19.4. The number of benzene rings is 2. The normalized spacial score (nSPS) is 11.5. The van der Waals surface area contributed by atoms with Crippen molar-refractivity contribution in [2.75, 3.05) is 5.32 Å². The molecule has 6 nitrogen and oxygen atoms in total. The molecule has 1 atom stereocenters. The lowest BCUT2D eigenvalue weighted by Gasteiger charge is -2.15. The van der Waals surface area contributed by atoms with E-state index in [9.17, 15) is 18.8 Å². The van der Waals surface area contributed by atoms with E-state index in [0.29, 0.717) is 5.69 Å². The van der Waals surface area contributed by atoms with Crippen LogP contribution in [0.1, 0.15) is 22.8 Å². The first-order valence-electron chi connectivity index (χ1n) is 7.61. The zero-order chi connectivity index (χ0) is 19.3. The monoisotopic (exact) mass is 378 g/mol. The van der Waals surface area contributed by atoms with Crippen LogP contribution in [0, 0.1) is 5.82 Å². The van der Waals surface area contributed by atoms with Gasteiger partial charge >= 0.3 is 6.09 Å². The van der Waals surface area contributed by atoms with Gasteiger partial charge < -0.3 is 15.8 Å². The number of halogens is 2. The van der Waals surface area contributed by atoms with Crippen LogP contribution in [0.5, 0.6) is 0 Å². The number of anilines is 1. The average Bonchev–Trinajstić information content (AvgIpc) is 2.58. The van der Waals surface area contributed by atoms with Crippen molar-refractivity contribution in [3.8, 4) is 0 Å². The van der Waals surface area contributed by atoms with Gasteiger partial charge in [0.05, 0.1) is 10.6 Å². The number of hydrogen-bond acceptors (Lipinski definition) is 4. The molecule has 0 bridgehead atoms. The second-order valence-corrected chi connectivity index (χ2v) is 5.83. The molecule has 2 aromatic carbocycles. The van der Waals surface area contributed by atoms with Crippen molar-refractivity contribution in [3.63, 3.8) is 0 Å². The predicted molar refractivity (Wildman–Crippen MR) is 94.6 cm³/mol. The van der Waals surface area contributed by atoms with E-state index in [1.807, 2.05) is 0 Å². The Bertz CT molecular complexity index is 843. The van der Waals surface area contributed by atoms with Gasteiger partial charge in [-0.1, -0.05) is 29.8 Å². The van der Waals surface area contributed by atoms with Gasteiger partial charge in [0.1, 0.15) is 5.82 Å². The Hall–Kier alpha value is -2.93. The van der Waals surface area contributed by atoms with Crippen LogP contribution in [0.2, 0.25) is 5.02 Å². The molecule has 0 aliphatic rings. The van der Waals surface area contributed by atoms with Gasteiger partial charge in [-0.3, -0.25) is 9.59 Å². The van der Waals surface area contributed by atoms with E-state index < -0.39 is 36.1 Å².